The lowest BCUT2D eigenvalue weighted by atomic mass is 10.2. The third kappa shape index (κ3) is 4.26. The van der Waals surface area contributed by atoms with Crippen molar-refractivity contribution in [3.63, 3.8) is 0 Å². The monoisotopic (exact) mass is 266 g/mol. The van der Waals surface area contributed by atoms with Crippen molar-refractivity contribution >= 4 is 17.6 Å². The number of aromatic carboxylic acids is 1. The maximum absolute atomic E-state index is 11.7. The Hall–Kier alpha value is -2.08. The van der Waals surface area contributed by atoms with Crippen molar-refractivity contribution in [1.82, 2.24) is 4.90 Å². The third-order valence-electron chi connectivity index (χ3n) is 2.77. The summed E-state index contributed by atoms with van der Waals surface area (Å²) in [5.74, 6) is -1.78. The number of carboxylic acids is 1. The van der Waals surface area contributed by atoms with Gasteiger partial charge < -0.3 is 15.5 Å². The van der Waals surface area contributed by atoms with Gasteiger partial charge in [-0.15, -0.1) is 0 Å². The fraction of sp³-hybridized carbons (Fsp3) is 0.385. The van der Waals surface area contributed by atoms with Gasteiger partial charge in [-0.2, -0.15) is 0 Å². The van der Waals surface area contributed by atoms with Crippen LogP contribution in [-0.2, 0) is 4.79 Å². The lowest BCUT2D eigenvalue weighted by Crippen LogP contribution is -2.32. The number of hydrogen-bond donors (Lipinski definition) is 3. The summed E-state index contributed by atoms with van der Waals surface area (Å²) in [6.07, 6.45) is 0. The van der Waals surface area contributed by atoms with Crippen LogP contribution in [0.25, 0.3) is 0 Å². The summed E-state index contributed by atoms with van der Waals surface area (Å²) in [5.41, 5.74) is 0.119. The third-order valence-corrected chi connectivity index (χ3v) is 2.77. The zero-order valence-corrected chi connectivity index (χ0v) is 11.0. The van der Waals surface area contributed by atoms with Crippen molar-refractivity contribution in [2.45, 2.75) is 13.8 Å². The van der Waals surface area contributed by atoms with E-state index in [1.54, 1.807) is 0 Å². The first-order valence-corrected chi connectivity index (χ1v) is 6.06. The van der Waals surface area contributed by atoms with Gasteiger partial charge in [-0.05, 0) is 31.3 Å². The molecule has 0 atom stereocenters. The highest BCUT2D eigenvalue weighted by molar-refractivity contribution is 5.96. The summed E-state index contributed by atoms with van der Waals surface area (Å²) in [4.78, 5) is 24.5. The fourth-order valence-corrected chi connectivity index (χ4v) is 1.64. The number of nitrogens with one attached hydrogen (secondary N) is 1. The second-order valence-corrected chi connectivity index (χ2v) is 4.05. The van der Waals surface area contributed by atoms with E-state index in [2.05, 4.69) is 5.32 Å². The molecule has 0 saturated carbocycles. The van der Waals surface area contributed by atoms with Crippen molar-refractivity contribution < 1.29 is 19.8 Å². The van der Waals surface area contributed by atoms with Gasteiger partial charge in [0.2, 0.25) is 5.91 Å². The van der Waals surface area contributed by atoms with E-state index in [9.17, 15) is 14.7 Å². The molecule has 3 N–H and O–H groups in total. The number of likely N-dealkylation sites (N-methyl/N-ethyl adjacent to an activating group) is 1. The van der Waals surface area contributed by atoms with Gasteiger partial charge in [0.1, 0.15) is 11.3 Å². The smallest absolute Gasteiger partial charge is 0.339 e. The fourth-order valence-electron chi connectivity index (χ4n) is 1.64. The standard InChI is InChI=1S/C13H18N2O4/c1-3-15(4-2)8-12(17)14-9-5-6-11(16)10(7-9)13(18)19/h5-7,16H,3-4,8H2,1-2H3,(H,14,17)(H,18,19). The number of aromatic hydroxyl groups is 1. The summed E-state index contributed by atoms with van der Waals surface area (Å²) in [7, 11) is 0. The Morgan fingerprint density at radius 2 is 1.89 bits per heavy atom. The molecule has 1 aromatic carbocycles. The van der Waals surface area contributed by atoms with Gasteiger partial charge in [0.15, 0.2) is 0 Å². The second-order valence-electron chi connectivity index (χ2n) is 4.05. The van der Waals surface area contributed by atoms with Crippen molar-refractivity contribution in [2.75, 3.05) is 25.0 Å². The Balaban J connectivity index is 2.74. The number of nitrogens with zero attached hydrogens (tertiary/aromatic N) is 1. The SMILES string of the molecule is CCN(CC)CC(=O)Nc1ccc(O)c(C(=O)O)c1. The van der Waals surface area contributed by atoms with E-state index < -0.39 is 5.97 Å². The van der Waals surface area contributed by atoms with Crippen LogP contribution in [0.2, 0.25) is 0 Å². The molecular formula is C13H18N2O4. The van der Waals surface area contributed by atoms with Gasteiger partial charge in [-0.1, -0.05) is 13.8 Å². The molecule has 0 spiro atoms. The van der Waals surface area contributed by atoms with Crippen molar-refractivity contribution in [1.29, 1.82) is 0 Å². The average molecular weight is 266 g/mol. The van der Waals surface area contributed by atoms with Gasteiger partial charge in [0.25, 0.3) is 0 Å². The van der Waals surface area contributed by atoms with Crippen LogP contribution in [0.5, 0.6) is 5.75 Å². The van der Waals surface area contributed by atoms with E-state index >= 15 is 0 Å². The Morgan fingerprint density at radius 3 is 2.42 bits per heavy atom. The molecule has 1 amide bonds. The number of anilines is 1. The summed E-state index contributed by atoms with van der Waals surface area (Å²) >= 11 is 0. The quantitative estimate of drug-likeness (QED) is 0.677. The van der Waals surface area contributed by atoms with Crippen LogP contribution in [-0.4, -0.2) is 46.6 Å². The number of hydrogen-bond acceptors (Lipinski definition) is 4. The maximum Gasteiger partial charge on any atom is 0.339 e. The largest absolute Gasteiger partial charge is 0.507 e. The number of carbonyl (C=O) groups is 2. The van der Waals surface area contributed by atoms with Crippen LogP contribution in [0.1, 0.15) is 24.2 Å². The normalized spacial score (nSPS) is 10.5. The minimum atomic E-state index is -1.24. The van der Waals surface area contributed by atoms with Crippen molar-refractivity contribution in [3.05, 3.63) is 23.8 Å². The highest BCUT2D eigenvalue weighted by Gasteiger charge is 2.12. The van der Waals surface area contributed by atoms with E-state index in [1.807, 2.05) is 18.7 Å². The topological polar surface area (TPSA) is 89.9 Å². The summed E-state index contributed by atoms with van der Waals surface area (Å²) < 4.78 is 0. The summed E-state index contributed by atoms with van der Waals surface area (Å²) in [6, 6.07) is 3.94. The van der Waals surface area contributed by atoms with Crippen molar-refractivity contribution in [2.24, 2.45) is 0 Å². The summed E-state index contributed by atoms with van der Waals surface area (Å²) in [6.45, 7) is 5.69. The van der Waals surface area contributed by atoms with E-state index in [1.165, 1.54) is 18.2 Å². The molecule has 6 nitrogen and oxygen atoms in total. The lowest BCUT2D eigenvalue weighted by molar-refractivity contribution is -0.117. The molecule has 6 heteroatoms. The molecule has 0 aliphatic heterocycles. The lowest BCUT2D eigenvalue weighted by Gasteiger charge is -2.17. The van der Waals surface area contributed by atoms with Crippen LogP contribution >= 0.6 is 0 Å². The molecule has 104 valence electrons. The Bertz CT molecular complexity index is 470. The molecule has 1 aromatic rings. The van der Waals surface area contributed by atoms with Crippen molar-refractivity contribution in [3.8, 4) is 5.75 Å². The molecule has 19 heavy (non-hydrogen) atoms. The molecule has 0 aromatic heterocycles. The number of benzene rings is 1. The highest BCUT2D eigenvalue weighted by atomic mass is 16.4. The number of carboxylic acid groups (broad SMARTS) is 1. The van der Waals surface area contributed by atoms with E-state index in [-0.39, 0.29) is 23.8 Å². The molecule has 0 aliphatic rings. The van der Waals surface area contributed by atoms with Gasteiger partial charge in [-0.3, -0.25) is 9.69 Å². The van der Waals surface area contributed by atoms with Crippen LogP contribution in [0.15, 0.2) is 18.2 Å². The Kier molecular flexibility index (Phi) is 5.32. The molecule has 0 saturated heterocycles. The molecule has 0 unspecified atom stereocenters. The van der Waals surface area contributed by atoms with E-state index in [4.69, 9.17) is 5.11 Å². The molecule has 1 rings (SSSR count). The molecule has 0 aliphatic carbocycles. The van der Waals surface area contributed by atoms with E-state index in [0.717, 1.165) is 13.1 Å². The molecule has 0 fully saturated rings. The van der Waals surface area contributed by atoms with E-state index in [0.29, 0.717) is 5.69 Å². The minimum absolute atomic E-state index is 0.217. The minimum Gasteiger partial charge on any atom is -0.507 e. The number of amides is 1. The van der Waals surface area contributed by atoms with Crippen LogP contribution in [0.3, 0.4) is 0 Å². The zero-order valence-electron chi connectivity index (χ0n) is 11.0. The van der Waals surface area contributed by atoms with Crippen LogP contribution < -0.4 is 5.32 Å². The average Bonchev–Trinajstić information content (AvgIpc) is 2.37. The molecular weight excluding hydrogens is 248 g/mol. The molecule has 0 bridgehead atoms. The summed E-state index contributed by atoms with van der Waals surface area (Å²) in [5, 5.41) is 20.8. The number of carbonyl (C=O) groups excluding carboxylic acids is 1. The first-order chi connectivity index (χ1) is 8.97. The Labute approximate surface area is 111 Å². The van der Waals surface area contributed by atoms with Gasteiger partial charge in [-0.25, -0.2) is 4.79 Å². The molecule has 0 heterocycles. The predicted molar refractivity (Wildman–Crippen MR) is 71.5 cm³/mol. The maximum atomic E-state index is 11.7. The zero-order chi connectivity index (χ0) is 14.4. The number of rotatable bonds is 6. The highest BCUT2D eigenvalue weighted by Crippen LogP contribution is 2.21. The van der Waals surface area contributed by atoms with Gasteiger partial charge in [0, 0.05) is 5.69 Å². The predicted octanol–water partition coefficient (Wildman–Crippen LogP) is 1.37. The number of phenols is 1. The van der Waals surface area contributed by atoms with Gasteiger partial charge >= 0.3 is 5.97 Å². The molecule has 0 radical (unpaired) electrons. The second kappa shape index (κ2) is 6.75. The van der Waals surface area contributed by atoms with Crippen LogP contribution in [0.4, 0.5) is 5.69 Å². The first-order valence-electron chi connectivity index (χ1n) is 6.06. The Morgan fingerprint density at radius 1 is 1.26 bits per heavy atom. The van der Waals surface area contributed by atoms with Gasteiger partial charge in [0.05, 0.1) is 6.54 Å². The first kappa shape index (κ1) is 15.0. The van der Waals surface area contributed by atoms with Crippen LogP contribution in [0, 0.1) is 0 Å².